The molecule has 1 aliphatic heterocycles. The molecular weight excluding hydrogens is 418 g/mol. The predicted octanol–water partition coefficient (Wildman–Crippen LogP) is 5.34. The van der Waals surface area contributed by atoms with Crippen molar-refractivity contribution >= 4 is 27.6 Å². The lowest BCUT2D eigenvalue weighted by atomic mass is 9.86. The number of hydrogen-bond acceptors (Lipinski definition) is 3. The molecule has 0 radical (unpaired) electrons. The number of benzene rings is 1. The van der Waals surface area contributed by atoms with Gasteiger partial charge in [0.05, 0.1) is 11.1 Å². The van der Waals surface area contributed by atoms with Crippen LogP contribution >= 0.6 is 15.9 Å². The van der Waals surface area contributed by atoms with Crippen LogP contribution in [0, 0.1) is 11.8 Å². The Morgan fingerprint density at radius 2 is 1.93 bits per heavy atom. The molecule has 1 saturated carbocycles. The third kappa shape index (κ3) is 5.94. The van der Waals surface area contributed by atoms with Gasteiger partial charge in [0.2, 0.25) is 5.91 Å². The van der Waals surface area contributed by atoms with Gasteiger partial charge in [-0.25, -0.2) is 0 Å². The molecule has 0 spiro atoms. The van der Waals surface area contributed by atoms with Crippen LogP contribution < -0.4 is 10.1 Å². The van der Waals surface area contributed by atoms with Gasteiger partial charge in [0, 0.05) is 12.1 Å². The zero-order chi connectivity index (χ0) is 19.9. The number of unbranched alkanes of at least 4 members (excludes halogenated alkanes) is 1. The first-order valence-electron chi connectivity index (χ1n) is 10.5. The van der Waals surface area contributed by atoms with E-state index < -0.39 is 5.92 Å². The van der Waals surface area contributed by atoms with Crippen molar-refractivity contribution in [1.29, 1.82) is 0 Å². The summed E-state index contributed by atoms with van der Waals surface area (Å²) in [5.74, 6) is 0.786. The average Bonchev–Trinajstić information content (AvgIpc) is 2.66. The number of nitrogens with one attached hydrogen (secondary N) is 1. The van der Waals surface area contributed by atoms with Gasteiger partial charge < -0.3 is 10.1 Å². The number of carbonyl (C=O) groups excluding carboxylic acids is 2. The Bertz CT molecular complexity index is 705. The maximum atomic E-state index is 12.1. The van der Waals surface area contributed by atoms with Crippen molar-refractivity contribution in [3.8, 4) is 5.75 Å². The number of ketones is 1. The smallest absolute Gasteiger partial charge is 0.235 e. The SMILES string of the molecule is C=C1CC(=O)C(Cc2ccc(OCCCCC3CCCCC3)c(Br)c2)C(=O)N1. The van der Waals surface area contributed by atoms with E-state index in [-0.39, 0.29) is 18.1 Å². The zero-order valence-corrected chi connectivity index (χ0v) is 18.1. The van der Waals surface area contributed by atoms with Crippen LogP contribution in [0.1, 0.15) is 63.4 Å². The van der Waals surface area contributed by atoms with Crippen molar-refractivity contribution in [2.24, 2.45) is 11.8 Å². The molecule has 1 aliphatic carbocycles. The molecule has 0 aromatic heterocycles. The van der Waals surface area contributed by atoms with Crippen LogP contribution in [0.25, 0.3) is 0 Å². The standard InChI is InChI=1S/C23H30BrNO3/c1-16-13-21(26)19(23(27)25-16)14-18-10-11-22(20(24)15-18)28-12-6-5-9-17-7-3-2-4-8-17/h10-11,15,17,19H,1-9,12-14H2,(H,25,27). The Morgan fingerprint density at radius 1 is 1.14 bits per heavy atom. The minimum atomic E-state index is -0.635. The highest BCUT2D eigenvalue weighted by Gasteiger charge is 2.31. The monoisotopic (exact) mass is 447 g/mol. The third-order valence-corrected chi connectivity index (χ3v) is 6.44. The maximum Gasteiger partial charge on any atom is 0.235 e. The molecule has 0 bridgehead atoms. The lowest BCUT2D eigenvalue weighted by Crippen LogP contribution is -2.41. The molecule has 1 saturated heterocycles. The van der Waals surface area contributed by atoms with Crippen molar-refractivity contribution in [1.82, 2.24) is 5.32 Å². The van der Waals surface area contributed by atoms with E-state index in [9.17, 15) is 9.59 Å². The van der Waals surface area contributed by atoms with Crippen LogP contribution in [-0.2, 0) is 16.0 Å². The summed E-state index contributed by atoms with van der Waals surface area (Å²) in [6.07, 6.45) is 11.3. The summed E-state index contributed by atoms with van der Waals surface area (Å²) in [5.41, 5.74) is 1.43. The maximum absolute atomic E-state index is 12.1. The summed E-state index contributed by atoms with van der Waals surface area (Å²) in [6.45, 7) is 4.39. The molecule has 152 valence electrons. The number of carbonyl (C=O) groups is 2. The fourth-order valence-electron chi connectivity index (χ4n) is 4.21. The fourth-order valence-corrected chi connectivity index (χ4v) is 4.75. The molecule has 1 aromatic carbocycles. The number of ether oxygens (including phenoxy) is 1. The molecule has 3 rings (SSSR count). The molecule has 1 unspecified atom stereocenters. The largest absolute Gasteiger partial charge is 0.492 e. The molecule has 5 heteroatoms. The van der Waals surface area contributed by atoms with E-state index in [0.717, 1.165) is 34.7 Å². The van der Waals surface area contributed by atoms with Crippen molar-refractivity contribution in [2.45, 2.75) is 64.2 Å². The molecular formula is C23H30BrNO3. The van der Waals surface area contributed by atoms with Crippen molar-refractivity contribution in [3.63, 3.8) is 0 Å². The van der Waals surface area contributed by atoms with Crippen LogP contribution in [-0.4, -0.2) is 18.3 Å². The van der Waals surface area contributed by atoms with E-state index in [0.29, 0.717) is 12.1 Å². The second-order valence-corrected chi connectivity index (χ2v) is 8.96. The second kappa shape index (κ2) is 10.2. The van der Waals surface area contributed by atoms with Gasteiger partial charge in [0.1, 0.15) is 11.7 Å². The number of Topliss-reactive ketones (excluding diaryl/α,β-unsaturated/α-hetero) is 1. The highest BCUT2D eigenvalue weighted by Crippen LogP contribution is 2.30. The van der Waals surface area contributed by atoms with Gasteiger partial charge in [-0.1, -0.05) is 51.2 Å². The zero-order valence-electron chi connectivity index (χ0n) is 16.5. The van der Waals surface area contributed by atoms with Gasteiger partial charge in [-0.3, -0.25) is 9.59 Å². The van der Waals surface area contributed by atoms with E-state index in [2.05, 4.69) is 27.8 Å². The number of hydrogen-bond donors (Lipinski definition) is 1. The molecule has 2 aliphatic rings. The van der Waals surface area contributed by atoms with Gasteiger partial charge in [0.25, 0.3) is 0 Å². The average molecular weight is 448 g/mol. The molecule has 28 heavy (non-hydrogen) atoms. The number of piperidine rings is 1. The van der Waals surface area contributed by atoms with Crippen LogP contribution in [0.15, 0.2) is 34.9 Å². The summed E-state index contributed by atoms with van der Waals surface area (Å²) >= 11 is 3.56. The summed E-state index contributed by atoms with van der Waals surface area (Å²) in [5, 5.41) is 2.68. The lowest BCUT2D eigenvalue weighted by Gasteiger charge is -2.22. The second-order valence-electron chi connectivity index (χ2n) is 8.11. The van der Waals surface area contributed by atoms with E-state index in [1.807, 2.05) is 18.2 Å². The first-order valence-corrected chi connectivity index (χ1v) is 11.2. The van der Waals surface area contributed by atoms with Crippen LogP contribution in [0.3, 0.4) is 0 Å². The summed E-state index contributed by atoms with van der Waals surface area (Å²) in [4.78, 5) is 24.2. The number of allylic oxidation sites excluding steroid dienone is 1. The van der Waals surface area contributed by atoms with Crippen LogP contribution in [0.4, 0.5) is 0 Å². The quantitative estimate of drug-likeness (QED) is 0.432. The number of rotatable bonds is 8. The van der Waals surface area contributed by atoms with Gasteiger partial charge in [-0.15, -0.1) is 0 Å². The Hall–Kier alpha value is -1.62. The first-order chi connectivity index (χ1) is 13.5. The number of halogens is 1. The lowest BCUT2D eigenvalue weighted by molar-refractivity contribution is -0.135. The summed E-state index contributed by atoms with van der Waals surface area (Å²) < 4.78 is 6.79. The highest BCUT2D eigenvalue weighted by atomic mass is 79.9. The molecule has 1 N–H and O–H groups in total. The minimum Gasteiger partial charge on any atom is -0.492 e. The summed E-state index contributed by atoms with van der Waals surface area (Å²) in [7, 11) is 0. The highest BCUT2D eigenvalue weighted by molar-refractivity contribution is 9.10. The fraction of sp³-hybridized carbons (Fsp3) is 0.565. The van der Waals surface area contributed by atoms with Crippen LogP contribution in [0.5, 0.6) is 5.75 Å². The topological polar surface area (TPSA) is 55.4 Å². The minimum absolute atomic E-state index is 0.0665. The molecule has 4 nitrogen and oxygen atoms in total. The summed E-state index contributed by atoms with van der Waals surface area (Å²) in [6, 6.07) is 5.80. The first kappa shape index (κ1) is 21.1. The number of amides is 1. The Kier molecular flexibility index (Phi) is 7.72. The van der Waals surface area contributed by atoms with Crippen molar-refractivity contribution < 1.29 is 14.3 Å². The van der Waals surface area contributed by atoms with Gasteiger partial charge in [-0.05, 0) is 58.8 Å². The molecule has 1 atom stereocenters. The van der Waals surface area contributed by atoms with Gasteiger partial charge in [0.15, 0.2) is 5.78 Å². The predicted molar refractivity (Wildman–Crippen MR) is 114 cm³/mol. The molecule has 1 aromatic rings. The Labute approximate surface area is 176 Å². The normalized spacial score (nSPS) is 20.9. The Morgan fingerprint density at radius 3 is 2.64 bits per heavy atom. The third-order valence-electron chi connectivity index (χ3n) is 5.82. The van der Waals surface area contributed by atoms with Crippen molar-refractivity contribution in [3.05, 3.63) is 40.5 Å². The van der Waals surface area contributed by atoms with E-state index in [1.165, 1.54) is 44.9 Å². The van der Waals surface area contributed by atoms with Crippen molar-refractivity contribution in [2.75, 3.05) is 6.61 Å². The van der Waals surface area contributed by atoms with Gasteiger partial charge >= 0.3 is 0 Å². The van der Waals surface area contributed by atoms with E-state index in [1.54, 1.807) is 0 Å². The Balaban J connectivity index is 1.44. The molecule has 1 amide bonds. The van der Waals surface area contributed by atoms with Gasteiger partial charge in [-0.2, -0.15) is 0 Å². The van der Waals surface area contributed by atoms with E-state index >= 15 is 0 Å². The van der Waals surface area contributed by atoms with Crippen LogP contribution in [0.2, 0.25) is 0 Å². The molecule has 1 heterocycles. The van der Waals surface area contributed by atoms with E-state index in [4.69, 9.17) is 4.74 Å². The molecule has 2 fully saturated rings.